The fraction of sp³-hybridized carbons (Fsp3) is 0.364. The highest BCUT2D eigenvalue weighted by molar-refractivity contribution is 6.30. The van der Waals surface area contributed by atoms with Crippen molar-refractivity contribution in [3.05, 3.63) is 28.8 Å². The summed E-state index contributed by atoms with van der Waals surface area (Å²) in [5.41, 5.74) is 7.49. The van der Waals surface area contributed by atoms with Crippen LogP contribution in [-0.2, 0) is 11.2 Å². The molecule has 1 aliphatic heterocycles. The largest absolute Gasteiger partial charge is 0.368 e. The summed E-state index contributed by atoms with van der Waals surface area (Å²) in [6.45, 7) is 1.17. The second-order valence-corrected chi connectivity index (χ2v) is 4.20. The quantitative estimate of drug-likeness (QED) is 0.829. The Morgan fingerprint density at radius 2 is 2.33 bits per heavy atom. The van der Waals surface area contributed by atoms with Gasteiger partial charge in [-0.1, -0.05) is 11.6 Å². The number of halogens is 1. The minimum atomic E-state index is -0.294. The SMILES string of the molecule is NC(=O)CN1CCCc2cc(Cl)ccc21. The van der Waals surface area contributed by atoms with Gasteiger partial charge < -0.3 is 10.6 Å². The van der Waals surface area contributed by atoms with Crippen LogP contribution < -0.4 is 10.6 Å². The van der Waals surface area contributed by atoms with Crippen LogP contribution >= 0.6 is 11.6 Å². The summed E-state index contributed by atoms with van der Waals surface area (Å²) in [6, 6.07) is 5.77. The van der Waals surface area contributed by atoms with Gasteiger partial charge in [0.15, 0.2) is 0 Å². The Hall–Kier alpha value is -1.22. The van der Waals surface area contributed by atoms with Crippen LogP contribution in [0.2, 0.25) is 5.02 Å². The van der Waals surface area contributed by atoms with Crippen LogP contribution in [0.4, 0.5) is 5.69 Å². The Morgan fingerprint density at radius 3 is 3.07 bits per heavy atom. The minimum Gasteiger partial charge on any atom is -0.368 e. The average Bonchev–Trinajstić information content (AvgIpc) is 2.16. The molecular formula is C11H13ClN2O. The molecule has 1 aromatic carbocycles. The first-order valence-electron chi connectivity index (χ1n) is 4.98. The molecule has 1 amide bonds. The molecule has 1 heterocycles. The van der Waals surface area contributed by atoms with Gasteiger partial charge in [0.05, 0.1) is 6.54 Å². The number of hydrogen-bond acceptors (Lipinski definition) is 2. The highest BCUT2D eigenvalue weighted by Gasteiger charge is 2.17. The standard InChI is InChI=1S/C11H13ClN2O/c12-9-3-4-10-8(6-9)2-1-5-14(10)7-11(13)15/h3-4,6H,1-2,5,7H2,(H2,13,15). The topological polar surface area (TPSA) is 46.3 Å². The zero-order valence-electron chi connectivity index (χ0n) is 8.37. The first-order valence-corrected chi connectivity index (χ1v) is 5.36. The summed E-state index contributed by atoms with van der Waals surface area (Å²) < 4.78 is 0. The summed E-state index contributed by atoms with van der Waals surface area (Å²) in [5.74, 6) is -0.294. The Morgan fingerprint density at radius 1 is 1.53 bits per heavy atom. The van der Waals surface area contributed by atoms with E-state index in [1.54, 1.807) is 0 Å². The van der Waals surface area contributed by atoms with E-state index in [2.05, 4.69) is 0 Å². The van der Waals surface area contributed by atoms with Crippen LogP contribution in [-0.4, -0.2) is 19.0 Å². The summed E-state index contributed by atoms with van der Waals surface area (Å²) in [4.78, 5) is 12.9. The van der Waals surface area contributed by atoms with Crippen LogP contribution in [0, 0.1) is 0 Å². The third-order valence-corrected chi connectivity index (χ3v) is 2.84. The second-order valence-electron chi connectivity index (χ2n) is 3.76. The molecule has 0 saturated heterocycles. The van der Waals surface area contributed by atoms with Crippen molar-refractivity contribution in [2.75, 3.05) is 18.0 Å². The van der Waals surface area contributed by atoms with Crippen molar-refractivity contribution >= 4 is 23.2 Å². The van der Waals surface area contributed by atoms with Crippen molar-refractivity contribution < 1.29 is 4.79 Å². The van der Waals surface area contributed by atoms with Crippen molar-refractivity contribution in [3.63, 3.8) is 0 Å². The van der Waals surface area contributed by atoms with E-state index in [1.807, 2.05) is 23.1 Å². The third kappa shape index (κ3) is 2.23. The molecule has 2 N–H and O–H groups in total. The lowest BCUT2D eigenvalue weighted by Crippen LogP contribution is -2.37. The number of carbonyl (C=O) groups is 1. The Balaban J connectivity index is 2.30. The molecule has 0 saturated carbocycles. The maximum atomic E-state index is 10.9. The smallest absolute Gasteiger partial charge is 0.236 e. The van der Waals surface area contributed by atoms with Crippen LogP contribution in [0.5, 0.6) is 0 Å². The van der Waals surface area contributed by atoms with Gasteiger partial charge in [-0.2, -0.15) is 0 Å². The van der Waals surface area contributed by atoms with Crippen LogP contribution in [0.3, 0.4) is 0 Å². The molecule has 0 spiro atoms. The van der Waals surface area contributed by atoms with Gasteiger partial charge in [0.25, 0.3) is 0 Å². The van der Waals surface area contributed by atoms with E-state index in [0.29, 0.717) is 0 Å². The number of aryl methyl sites for hydroxylation is 1. The van der Waals surface area contributed by atoms with E-state index >= 15 is 0 Å². The van der Waals surface area contributed by atoms with E-state index in [0.717, 1.165) is 30.1 Å². The van der Waals surface area contributed by atoms with Gasteiger partial charge in [-0.3, -0.25) is 4.79 Å². The lowest BCUT2D eigenvalue weighted by molar-refractivity contribution is -0.116. The number of hydrogen-bond donors (Lipinski definition) is 1. The van der Waals surface area contributed by atoms with E-state index < -0.39 is 0 Å². The number of rotatable bonds is 2. The molecule has 80 valence electrons. The molecule has 0 radical (unpaired) electrons. The van der Waals surface area contributed by atoms with Gasteiger partial charge in [-0.05, 0) is 36.6 Å². The molecule has 0 atom stereocenters. The lowest BCUT2D eigenvalue weighted by Gasteiger charge is -2.30. The summed E-state index contributed by atoms with van der Waals surface area (Å²) in [7, 11) is 0. The number of primary amides is 1. The number of benzene rings is 1. The fourth-order valence-corrected chi connectivity index (χ4v) is 2.19. The monoisotopic (exact) mass is 224 g/mol. The molecule has 0 aliphatic carbocycles. The number of nitrogens with two attached hydrogens (primary N) is 1. The second kappa shape index (κ2) is 4.11. The maximum absolute atomic E-state index is 10.9. The fourth-order valence-electron chi connectivity index (χ4n) is 2.00. The van der Waals surface area contributed by atoms with Crippen molar-refractivity contribution in [2.24, 2.45) is 5.73 Å². The molecular weight excluding hydrogens is 212 g/mol. The molecule has 0 aromatic heterocycles. The zero-order chi connectivity index (χ0) is 10.8. The first kappa shape index (κ1) is 10.3. The minimum absolute atomic E-state index is 0.286. The normalized spacial score (nSPS) is 14.9. The average molecular weight is 225 g/mol. The van der Waals surface area contributed by atoms with E-state index in [9.17, 15) is 4.79 Å². The summed E-state index contributed by atoms with van der Waals surface area (Å²) in [6.07, 6.45) is 2.06. The maximum Gasteiger partial charge on any atom is 0.236 e. The van der Waals surface area contributed by atoms with Crippen molar-refractivity contribution in [1.29, 1.82) is 0 Å². The van der Waals surface area contributed by atoms with E-state index in [1.165, 1.54) is 5.56 Å². The zero-order valence-corrected chi connectivity index (χ0v) is 9.13. The van der Waals surface area contributed by atoms with Crippen LogP contribution in [0.25, 0.3) is 0 Å². The summed E-state index contributed by atoms with van der Waals surface area (Å²) in [5, 5.41) is 0.745. The Kier molecular flexibility index (Phi) is 2.82. The van der Waals surface area contributed by atoms with Crippen molar-refractivity contribution in [1.82, 2.24) is 0 Å². The lowest BCUT2D eigenvalue weighted by atomic mass is 10.0. The number of carbonyl (C=O) groups excluding carboxylic acids is 1. The van der Waals surface area contributed by atoms with Crippen molar-refractivity contribution in [3.8, 4) is 0 Å². The highest BCUT2D eigenvalue weighted by Crippen LogP contribution is 2.29. The number of anilines is 1. The molecule has 4 heteroatoms. The first-order chi connectivity index (χ1) is 7.16. The van der Waals surface area contributed by atoms with Gasteiger partial charge >= 0.3 is 0 Å². The predicted molar refractivity (Wildman–Crippen MR) is 61.2 cm³/mol. The molecule has 2 rings (SSSR count). The van der Waals surface area contributed by atoms with Gasteiger partial charge in [-0.25, -0.2) is 0 Å². The van der Waals surface area contributed by atoms with Gasteiger partial charge in [-0.15, -0.1) is 0 Å². The van der Waals surface area contributed by atoms with E-state index in [4.69, 9.17) is 17.3 Å². The van der Waals surface area contributed by atoms with Gasteiger partial charge in [0.2, 0.25) is 5.91 Å². The number of amides is 1. The molecule has 1 aromatic rings. The van der Waals surface area contributed by atoms with Crippen LogP contribution in [0.15, 0.2) is 18.2 Å². The number of fused-ring (bicyclic) bond motifs is 1. The van der Waals surface area contributed by atoms with E-state index in [-0.39, 0.29) is 12.5 Å². The van der Waals surface area contributed by atoms with Crippen LogP contribution in [0.1, 0.15) is 12.0 Å². The Labute approximate surface area is 93.8 Å². The molecule has 1 aliphatic rings. The number of nitrogens with zero attached hydrogens (tertiary/aromatic N) is 1. The highest BCUT2D eigenvalue weighted by atomic mass is 35.5. The molecule has 0 bridgehead atoms. The summed E-state index contributed by atoms with van der Waals surface area (Å²) >= 11 is 5.92. The van der Waals surface area contributed by atoms with Crippen molar-refractivity contribution in [2.45, 2.75) is 12.8 Å². The van der Waals surface area contributed by atoms with Gasteiger partial charge in [0.1, 0.15) is 0 Å². The predicted octanol–water partition coefficient (Wildman–Crippen LogP) is 1.58. The molecule has 3 nitrogen and oxygen atoms in total. The molecule has 0 fully saturated rings. The third-order valence-electron chi connectivity index (χ3n) is 2.60. The molecule has 15 heavy (non-hydrogen) atoms. The Bertz CT molecular complexity index is 392. The van der Waals surface area contributed by atoms with Gasteiger partial charge in [0, 0.05) is 17.3 Å². The molecule has 0 unspecified atom stereocenters.